The van der Waals surface area contributed by atoms with E-state index in [9.17, 15) is 15.0 Å². The van der Waals surface area contributed by atoms with Gasteiger partial charge in [-0.05, 0) is 19.3 Å². The van der Waals surface area contributed by atoms with Crippen molar-refractivity contribution in [3.8, 4) is 0 Å². The van der Waals surface area contributed by atoms with Gasteiger partial charge in [0, 0.05) is 6.42 Å². The van der Waals surface area contributed by atoms with Crippen molar-refractivity contribution in [2.45, 2.75) is 219 Å². The maximum absolute atomic E-state index is 12.3. The van der Waals surface area contributed by atoms with E-state index in [1.807, 2.05) is 6.08 Å². The molecule has 0 spiro atoms. The average Bonchev–Trinajstić information content (AvgIpc) is 2.99. The van der Waals surface area contributed by atoms with Crippen molar-refractivity contribution >= 4 is 5.91 Å². The number of rotatable bonds is 34. The zero-order valence-corrected chi connectivity index (χ0v) is 28.5. The molecule has 0 bridgehead atoms. The third-order valence-electron chi connectivity index (χ3n) is 8.77. The van der Waals surface area contributed by atoms with Crippen LogP contribution < -0.4 is 5.32 Å². The van der Waals surface area contributed by atoms with Gasteiger partial charge in [-0.15, -0.1) is 0 Å². The largest absolute Gasteiger partial charge is 0.394 e. The number of aliphatic hydroxyl groups is 2. The molecule has 3 N–H and O–H groups in total. The van der Waals surface area contributed by atoms with Gasteiger partial charge < -0.3 is 15.5 Å². The van der Waals surface area contributed by atoms with Crippen molar-refractivity contribution in [1.29, 1.82) is 0 Å². The van der Waals surface area contributed by atoms with Crippen LogP contribution in [0.1, 0.15) is 206 Å². The Balaban J connectivity index is 3.57. The first-order valence-corrected chi connectivity index (χ1v) is 18.9. The topological polar surface area (TPSA) is 69.6 Å². The van der Waals surface area contributed by atoms with Crippen molar-refractivity contribution in [2.75, 3.05) is 6.61 Å². The Kier molecular flexibility index (Phi) is 33.9. The van der Waals surface area contributed by atoms with Gasteiger partial charge in [0.1, 0.15) is 0 Å². The molecule has 250 valence electrons. The molecule has 0 radical (unpaired) electrons. The summed E-state index contributed by atoms with van der Waals surface area (Å²) in [4.78, 5) is 12.3. The van der Waals surface area contributed by atoms with Crippen LogP contribution in [0.4, 0.5) is 0 Å². The minimum atomic E-state index is -0.831. The van der Waals surface area contributed by atoms with Gasteiger partial charge in [-0.1, -0.05) is 193 Å². The highest BCUT2D eigenvalue weighted by Crippen LogP contribution is 2.15. The Morgan fingerprint density at radius 2 is 0.881 bits per heavy atom. The molecule has 2 atom stereocenters. The Morgan fingerprint density at radius 3 is 1.24 bits per heavy atom. The van der Waals surface area contributed by atoms with Gasteiger partial charge in [0.25, 0.3) is 0 Å². The van der Waals surface area contributed by atoms with E-state index in [0.29, 0.717) is 6.42 Å². The van der Waals surface area contributed by atoms with Gasteiger partial charge in [0.2, 0.25) is 5.91 Å². The fourth-order valence-electron chi connectivity index (χ4n) is 5.82. The second-order valence-electron chi connectivity index (χ2n) is 13.0. The first-order chi connectivity index (χ1) is 20.7. The fraction of sp³-hybridized carbons (Fsp3) is 0.921. The molecular formula is C38H75NO3. The SMILES string of the molecule is CCCCCCCCCCCCC/C=C/[C@@H](O)[C@@H](CO)NC(=O)CCCCCCCCCCCCCCCCCCC. The minimum Gasteiger partial charge on any atom is -0.394 e. The van der Waals surface area contributed by atoms with Crippen LogP contribution in [0.15, 0.2) is 12.2 Å². The predicted molar refractivity (Wildman–Crippen MR) is 184 cm³/mol. The Morgan fingerprint density at radius 1 is 0.548 bits per heavy atom. The number of carbonyl (C=O) groups excluding carboxylic acids is 1. The quantitative estimate of drug-likeness (QED) is 0.0513. The van der Waals surface area contributed by atoms with E-state index in [2.05, 4.69) is 19.2 Å². The number of hydrogen-bond donors (Lipinski definition) is 3. The van der Waals surface area contributed by atoms with E-state index in [1.54, 1.807) is 6.08 Å². The van der Waals surface area contributed by atoms with Gasteiger partial charge in [0.15, 0.2) is 0 Å². The molecule has 0 fully saturated rings. The molecule has 0 aromatic carbocycles. The third-order valence-corrected chi connectivity index (χ3v) is 8.77. The molecule has 0 aliphatic carbocycles. The van der Waals surface area contributed by atoms with Crippen LogP contribution in [0.2, 0.25) is 0 Å². The summed E-state index contributed by atoms with van der Waals surface area (Å²) in [6.07, 6.45) is 41.5. The van der Waals surface area contributed by atoms with E-state index in [-0.39, 0.29) is 12.5 Å². The number of allylic oxidation sites excluding steroid dienone is 1. The molecule has 0 aromatic rings. The smallest absolute Gasteiger partial charge is 0.220 e. The Bertz CT molecular complexity index is 565. The number of unbranched alkanes of at least 4 members (excludes halogenated alkanes) is 27. The number of nitrogens with one attached hydrogen (secondary N) is 1. The zero-order chi connectivity index (χ0) is 30.8. The lowest BCUT2D eigenvalue weighted by Crippen LogP contribution is -2.45. The van der Waals surface area contributed by atoms with E-state index in [1.165, 1.54) is 161 Å². The molecule has 0 heterocycles. The summed E-state index contributed by atoms with van der Waals surface area (Å²) in [7, 11) is 0. The molecule has 0 saturated heterocycles. The number of hydrogen-bond acceptors (Lipinski definition) is 3. The maximum atomic E-state index is 12.3. The Hall–Kier alpha value is -0.870. The molecule has 42 heavy (non-hydrogen) atoms. The predicted octanol–water partition coefficient (Wildman–Crippen LogP) is 11.1. The first-order valence-electron chi connectivity index (χ1n) is 18.9. The molecule has 0 aliphatic heterocycles. The molecule has 4 nitrogen and oxygen atoms in total. The summed E-state index contributed by atoms with van der Waals surface area (Å²) >= 11 is 0. The summed E-state index contributed by atoms with van der Waals surface area (Å²) < 4.78 is 0. The number of carbonyl (C=O) groups is 1. The average molecular weight is 594 g/mol. The second-order valence-corrected chi connectivity index (χ2v) is 13.0. The second kappa shape index (κ2) is 34.6. The molecule has 0 unspecified atom stereocenters. The van der Waals surface area contributed by atoms with Crippen molar-refractivity contribution in [2.24, 2.45) is 0 Å². The molecule has 0 aromatic heterocycles. The standard InChI is InChI=1S/C38H75NO3/c1-3-5-7-9-11-13-15-17-18-19-20-22-24-26-28-30-32-34-38(42)39-36(35-40)37(41)33-31-29-27-25-23-21-16-14-12-10-8-6-4-2/h31,33,36-37,40-41H,3-30,32,34-35H2,1-2H3,(H,39,42)/b33-31+/t36-,37-/m1/s1. The van der Waals surface area contributed by atoms with E-state index in [4.69, 9.17) is 0 Å². The van der Waals surface area contributed by atoms with Gasteiger partial charge in [-0.2, -0.15) is 0 Å². The molecule has 0 saturated carbocycles. The van der Waals surface area contributed by atoms with Crippen LogP contribution in [-0.4, -0.2) is 34.9 Å². The maximum Gasteiger partial charge on any atom is 0.220 e. The van der Waals surface area contributed by atoms with Gasteiger partial charge in [-0.25, -0.2) is 0 Å². The highest BCUT2D eigenvalue weighted by molar-refractivity contribution is 5.76. The van der Waals surface area contributed by atoms with Crippen LogP contribution in [0.3, 0.4) is 0 Å². The molecule has 4 heteroatoms. The van der Waals surface area contributed by atoms with Crippen molar-refractivity contribution in [1.82, 2.24) is 5.32 Å². The molecule has 0 aliphatic rings. The lowest BCUT2D eigenvalue weighted by atomic mass is 10.0. The molecular weight excluding hydrogens is 518 g/mol. The number of aliphatic hydroxyl groups excluding tert-OH is 2. The van der Waals surface area contributed by atoms with Crippen LogP contribution in [0, 0.1) is 0 Å². The van der Waals surface area contributed by atoms with Crippen molar-refractivity contribution in [3.05, 3.63) is 12.2 Å². The van der Waals surface area contributed by atoms with E-state index >= 15 is 0 Å². The van der Waals surface area contributed by atoms with Crippen LogP contribution in [0.25, 0.3) is 0 Å². The van der Waals surface area contributed by atoms with Gasteiger partial charge in [-0.3, -0.25) is 4.79 Å². The summed E-state index contributed by atoms with van der Waals surface area (Å²) in [5.41, 5.74) is 0. The zero-order valence-electron chi connectivity index (χ0n) is 28.5. The van der Waals surface area contributed by atoms with E-state index in [0.717, 1.165) is 25.7 Å². The highest BCUT2D eigenvalue weighted by Gasteiger charge is 2.17. The summed E-state index contributed by atoms with van der Waals surface area (Å²) in [6.45, 7) is 4.31. The lowest BCUT2D eigenvalue weighted by molar-refractivity contribution is -0.123. The monoisotopic (exact) mass is 594 g/mol. The highest BCUT2D eigenvalue weighted by atomic mass is 16.3. The normalized spacial score (nSPS) is 13.1. The Labute approximate surface area is 263 Å². The summed E-state index contributed by atoms with van der Waals surface area (Å²) in [6, 6.07) is -0.614. The van der Waals surface area contributed by atoms with Gasteiger partial charge >= 0.3 is 0 Å². The minimum absolute atomic E-state index is 0.0622. The first kappa shape index (κ1) is 41.1. The lowest BCUT2D eigenvalue weighted by Gasteiger charge is -2.20. The third kappa shape index (κ3) is 30.6. The number of amides is 1. The molecule has 1 amide bonds. The van der Waals surface area contributed by atoms with Crippen molar-refractivity contribution < 1.29 is 15.0 Å². The van der Waals surface area contributed by atoms with Gasteiger partial charge in [0.05, 0.1) is 18.8 Å². The fourth-order valence-corrected chi connectivity index (χ4v) is 5.82. The van der Waals surface area contributed by atoms with Crippen LogP contribution in [0.5, 0.6) is 0 Å². The summed E-state index contributed by atoms with van der Waals surface area (Å²) in [5.74, 6) is -0.0622. The molecule has 0 rings (SSSR count). The van der Waals surface area contributed by atoms with Crippen LogP contribution >= 0.6 is 0 Å². The van der Waals surface area contributed by atoms with Crippen molar-refractivity contribution in [3.63, 3.8) is 0 Å². The summed E-state index contributed by atoms with van der Waals surface area (Å²) in [5, 5.41) is 22.9. The van der Waals surface area contributed by atoms with E-state index < -0.39 is 12.1 Å². The van der Waals surface area contributed by atoms with Crippen LogP contribution in [-0.2, 0) is 4.79 Å².